The highest BCUT2D eigenvalue weighted by molar-refractivity contribution is 9.10. The second-order valence-corrected chi connectivity index (χ2v) is 8.37. The van der Waals surface area contributed by atoms with E-state index in [1.165, 1.54) is 0 Å². The highest BCUT2D eigenvalue weighted by atomic mass is 79.9. The van der Waals surface area contributed by atoms with Crippen LogP contribution < -0.4 is 9.64 Å². The van der Waals surface area contributed by atoms with Gasteiger partial charge in [-0.3, -0.25) is 0 Å². The van der Waals surface area contributed by atoms with E-state index in [4.69, 9.17) is 4.74 Å². The molecule has 0 bridgehead atoms. The number of hydrogen-bond acceptors (Lipinski definition) is 6. The van der Waals surface area contributed by atoms with Gasteiger partial charge >= 0.3 is 0 Å². The topological polar surface area (TPSA) is 64.0 Å². The van der Waals surface area contributed by atoms with Crippen LogP contribution in [-0.2, 0) is 5.41 Å². The van der Waals surface area contributed by atoms with Crippen LogP contribution in [0.3, 0.4) is 0 Å². The van der Waals surface area contributed by atoms with Gasteiger partial charge in [-0.15, -0.1) is 5.10 Å². The smallest absolute Gasteiger partial charge is 0.233 e. The summed E-state index contributed by atoms with van der Waals surface area (Å²) in [4.78, 5) is 11.0. The summed E-state index contributed by atoms with van der Waals surface area (Å²) in [6.07, 6.45) is 5.70. The average Bonchev–Trinajstić information content (AvgIpc) is 2.61. The number of ether oxygens (including phenoxy) is 1. The normalized spacial score (nSPS) is 16.1. The maximum Gasteiger partial charge on any atom is 0.233 e. The Balaban J connectivity index is 1.47. The molecule has 6 nitrogen and oxygen atoms in total. The lowest BCUT2D eigenvalue weighted by molar-refractivity contribution is 0.213. The molecule has 0 aromatic carbocycles. The summed E-state index contributed by atoms with van der Waals surface area (Å²) >= 11 is 3.37. The highest BCUT2D eigenvalue weighted by Gasteiger charge is 2.22. The predicted octanol–water partition coefficient (Wildman–Crippen LogP) is 3.62. The van der Waals surface area contributed by atoms with Gasteiger partial charge in [-0.1, -0.05) is 20.8 Å². The summed E-state index contributed by atoms with van der Waals surface area (Å²) in [7, 11) is 0. The van der Waals surface area contributed by atoms with Crippen LogP contribution in [0.1, 0.15) is 39.3 Å². The first-order valence-corrected chi connectivity index (χ1v) is 9.40. The van der Waals surface area contributed by atoms with Crippen LogP contribution in [0.25, 0.3) is 0 Å². The Kier molecular flexibility index (Phi) is 5.51. The van der Waals surface area contributed by atoms with Gasteiger partial charge in [-0.25, -0.2) is 9.97 Å². The van der Waals surface area contributed by atoms with Crippen molar-refractivity contribution < 1.29 is 4.74 Å². The fourth-order valence-corrected chi connectivity index (χ4v) is 2.97. The van der Waals surface area contributed by atoms with Crippen molar-refractivity contribution in [1.82, 2.24) is 20.2 Å². The summed E-state index contributed by atoms with van der Waals surface area (Å²) in [5.74, 6) is 1.92. The van der Waals surface area contributed by atoms with Crippen LogP contribution in [0.2, 0.25) is 0 Å². The monoisotopic (exact) mass is 405 g/mol. The molecular weight excluding hydrogens is 382 g/mol. The fourth-order valence-electron chi connectivity index (χ4n) is 2.77. The van der Waals surface area contributed by atoms with Crippen molar-refractivity contribution in [2.75, 3.05) is 24.6 Å². The van der Waals surface area contributed by atoms with E-state index in [1.54, 1.807) is 12.4 Å². The fraction of sp³-hybridized carbons (Fsp3) is 0.556. The molecule has 7 heteroatoms. The molecule has 2 aromatic rings. The third-order valence-electron chi connectivity index (χ3n) is 4.38. The van der Waals surface area contributed by atoms with E-state index in [9.17, 15) is 0 Å². The van der Waals surface area contributed by atoms with Crippen molar-refractivity contribution in [2.45, 2.75) is 39.0 Å². The maximum atomic E-state index is 5.84. The molecule has 1 fully saturated rings. The first-order valence-electron chi connectivity index (χ1n) is 8.61. The number of aromatic nitrogens is 4. The van der Waals surface area contributed by atoms with Crippen LogP contribution in [-0.4, -0.2) is 39.9 Å². The summed E-state index contributed by atoms with van der Waals surface area (Å²) < 4.78 is 6.74. The highest BCUT2D eigenvalue weighted by Crippen LogP contribution is 2.23. The largest absolute Gasteiger partial charge is 0.476 e. The van der Waals surface area contributed by atoms with Crippen LogP contribution in [0.15, 0.2) is 29.0 Å². The van der Waals surface area contributed by atoms with Crippen molar-refractivity contribution in [1.29, 1.82) is 0 Å². The number of halogens is 1. The van der Waals surface area contributed by atoms with Crippen LogP contribution in [0.5, 0.6) is 5.88 Å². The summed E-state index contributed by atoms with van der Waals surface area (Å²) in [5, 5.41) is 8.46. The van der Waals surface area contributed by atoms with Crippen molar-refractivity contribution in [3.8, 4) is 5.88 Å². The van der Waals surface area contributed by atoms with E-state index < -0.39 is 0 Å². The second-order valence-electron chi connectivity index (χ2n) is 7.45. The lowest BCUT2D eigenvalue weighted by atomic mass is 9.92. The number of rotatable bonds is 4. The van der Waals surface area contributed by atoms with E-state index in [-0.39, 0.29) is 5.41 Å². The zero-order chi connectivity index (χ0) is 17.9. The molecule has 3 rings (SSSR count). The molecule has 3 heterocycles. The molecule has 134 valence electrons. The Labute approximate surface area is 157 Å². The molecule has 0 spiro atoms. The molecule has 0 N–H and O–H groups in total. The zero-order valence-corrected chi connectivity index (χ0v) is 16.5. The molecule has 0 amide bonds. The Morgan fingerprint density at radius 1 is 1.12 bits per heavy atom. The van der Waals surface area contributed by atoms with Gasteiger partial charge in [0, 0.05) is 37.0 Å². The molecule has 1 aliphatic heterocycles. The lowest BCUT2D eigenvalue weighted by Crippen LogP contribution is -2.36. The molecule has 0 aliphatic carbocycles. The van der Waals surface area contributed by atoms with Gasteiger partial charge in [-0.2, -0.15) is 5.10 Å². The molecule has 25 heavy (non-hydrogen) atoms. The molecule has 0 saturated carbocycles. The van der Waals surface area contributed by atoms with Crippen molar-refractivity contribution >= 4 is 21.9 Å². The van der Waals surface area contributed by atoms with Crippen LogP contribution >= 0.6 is 15.9 Å². The average molecular weight is 406 g/mol. The first-order chi connectivity index (χ1) is 11.9. The van der Waals surface area contributed by atoms with E-state index in [1.807, 2.05) is 12.1 Å². The van der Waals surface area contributed by atoms with Gasteiger partial charge in [0.05, 0.1) is 16.8 Å². The minimum absolute atomic E-state index is 0.00740. The third-order valence-corrected chi connectivity index (χ3v) is 4.79. The molecule has 0 radical (unpaired) electrons. The van der Waals surface area contributed by atoms with Crippen LogP contribution in [0, 0.1) is 5.92 Å². The predicted molar refractivity (Wildman–Crippen MR) is 101 cm³/mol. The number of piperidine rings is 1. The van der Waals surface area contributed by atoms with Gasteiger partial charge in [0.2, 0.25) is 11.8 Å². The third kappa shape index (κ3) is 4.87. The van der Waals surface area contributed by atoms with Gasteiger partial charge in [0.25, 0.3) is 0 Å². The first kappa shape index (κ1) is 18.0. The minimum atomic E-state index is 0.00740. The number of hydrogen-bond donors (Lipinski definition) is 0. The second kappa shape index (κ2) is 7.64. The summed E-state index contributed by atoms with van der Waals surface area (Å²) in [5.41, 5.74) is 0.982. The SMILES string of the molecule is CC(C)(C)c1ccc(OCC2CCN(c3ncc(Br)cn3)CC2)nn1. The van der Waals surface area contributed by atoms with Crippen molar-refractivity contribution in [3.63, 3.8) is 0 Å². The Hall–Kier alpha value is -1.76. The van der Waals surface area contributed by atoms with E-state index >= 15 is 0 Å². The molecule has 1 aliphatic rings. The minimum Gasteiger partial charge on any atom is -0.476 e. The molecule has 0 unspecified atom stereocenters. The number of anilines is 1. The number of nitrogens with zero attached hydrogens (tertiary/aromatic N) is 5. The van der Waals surface area contributed by atoms with E-state index in [0.717, 1.165) is 42.0 Å². The Morgan fingerprint density at radius 3 is 2.36 bits per heavy atom. The van der Waals surface area contributed by atoms with Gasteiger partial charge in [-0.05, 0) is 40.8 Å². The Bertz CT molecular complexity index is 676. The molecule has 1 saturated heterocycles. The van der Waals surface area contributed by atoms with Crippen LogP contribution in [0.4, 0.5) is 5.95 Å². The maximum absolute atomic E-state index is 5.84. The van der Waals surface area contributed by atoms with Gasteiger partial charge in [0.1, 0.15) is 0 Å². The van der Waals surface area contributed by atoms with Gasteiger partial charge in [0.15, 0.2) is 0 Å². The van der Waals surface area contributed by atoms with Crippen molar-refractivity contribution in [2.24, 2.45) is 5.92 Å². The molecular formula is C18H24BrN5O. The lowest BCUT2D eigenvalue weighted by Gasteiger charge is -2.31. The summed E-state index contributed by atoms with van der Waals surface area (Å²) in [6.45, 7) is 8.95. The van der Waals surface area contributed by atoms with E-state index in [0.29, 0.717) is 18.4 Å². The molecule has 0 atom stereocenters. The summed E-state index contributed by atoms with van der Waals surface area (Å²) in [6, 6.07) is 3.91. The van der Waals surface area contributed by atoms with Gasteiger partial charge < -0.3 is 9.64 Å². The van der Waals surface area contributed by atoms with E-state index in [2.05, 4.69) is 61.8 Å². The quantitative estimate of drug-likeness (QED) is 0.773. The molecule has 2 aromatic heterocycles. The Morgan fingerprint density at radius 2 is 1.80 bits per heavy atom. The zero-order valence-electron chi connectivity index (χ0n) is 14.9. The standard InChI is InChI=1S/C18H24BrN5O/c1-18(2,3)15-4-5-16(23-22-15)25-12-13-6-8-24(9-7-13)17-20-10-14(19)11-21-17/h4-5,10-11,13H,6-9,12H2,1-3H3. The van der Waals surface area contributed by atoms with Crippen molar-refractivity contribution in [3.05, 3.63) is 34.7 Å².